The van der Waals surface area contributed by atoms with Gasteiger partial charge in [0.1, 0.15) is 0 Å². The van der Waals surface area contributed by atoms with Gasteiger partial charge in [0.05, 0.1) is 4.90 Å². The number of aromatic amines is 1. The summed E-state index contributed by atoms with van der Waals surface area (Å²) in [5.41, 5.74) is 6.16. The molecule has 1 aromatic rings. The van der Waals surface area contributed by atoms with Gasteiger partial charge in [-0.2, -0.15) is 0 Å². The monoisotopic (exact) mass is 257 g/mol. The van der Waals surface area contributed by atoms with Crippen molar-refractivity contribution < 1.29 is 8.42 Å². The number of H-pyrrole nitrogens is 1. The Bertz CT molecular complexity index is 477. The maximum absolute atomic E-state index is 12.0. The second-order valence-electron chi connectivity index (χ2n) is 4.67. The van der Waals surface area contributed by atoms with Crippen molar-refractivity contribution in [1.82, 2.24) is 9.71 Å². The quantitative estimate of drug-likeness (QED) is 0.733. The smallest absolute Gasteiger partial charge is 0.242 e. The van der Waals surface area contributed by atoms with Crippen LogP contribution < -0.4 is 10.5 Å². The second-order valence-corrected chi connectivity index (χ2v) is 6.38. The Hall–Kier alpha value is -0.850. The lowest BCUT2D eigenvalue weighted by molar-refractivity contribution is 0.260. The molecule has 6 heteroatoms. The van der Waals surface area contributed by atoms with Crippen LogP contribution in [0.1, 0.15) is 31.9 Å². The lowest BCUT2D eigenvalue weighted by Gasteiger charge is -2.31. The average molecular weight is 257 g/mol. The molecule has 0 saturated heterocycles. The van der Waals surface area contributed by atoms with E-state index in [1.54, 1.807) is 6.07 Å². The van der Waals surface area contributed by atoms with Crippen molar-refractivity contribution in [3.05, 3.63) is 18.0 Å². The summed E-state index contributed by atoms with van der Waals surface area (Å²) in [6.45, 7) is 2.24. The van der Waals surface area contributed by atoms with E-state index in [0.29, 0.717) is 12.5 Å². The molecule has 0 aliphatic heterocycles. The van der Waals surface area contributed by atoms with Gasteiger partial charge in [-0.15, -0.1) is 0 Å². The summed E-state index contributed by atoms with van der Waals surface area (Å²) in [6, 6.07) is 1.58. The van der Waals surface area contributed by atoms with Crippen molar-refractivity contribution in [2.45, 2.75) is 43.7 Å². The molecule has 1 aliphatic rings. The second kappa shape index (κ2) is 4.80. The molecule has 2 rings (SSSR count). The molecule has 17 heavy (non-hydrogen) atoms. The number of nitrogens with two attached hydrogens (primary N) is 1. The lowest BCUT2D eigenvalue weighted by atomic mass is 9.81. The van der Waals surface area contributed by atoms with Crippen LogP contribution in [0.2, 0.25) is 0 Å². The third-order valence-electron chi connectivity index (χ3n) is 3.44. The van der Waals surface area contributed by atoms with Crippen LogP contribution in [0.4, 0.5) is 0 Å². The summed E-state index contributed by atoms with van der Waals surface area (Å²) in [5, 5.41) is 0. The molecule has 0 bridgehead atoms. The molecule has 1 aromatic heterocycles. The van der Waals surface area contributed by atoms with Crippen molar-refractivity contribution >= 4 is 10.0 Å². The Labute approximate surface area is 102 Å². The molecular formula is C11H19N3O2S. The Morgan fingerprint density at radius 1 is 1.59 bits per heavy atom. The van der Waals surface area contributed by atoms with Gasteiger partial charge in [0.25, 0.3) is 0 Å². The molecule has 1 saturated carbocycles. The van der Waals surface area contributed by atoms with Crippen molar-refractivity contribution in [1.29, 1.82) is 0 Å². The van der Waals surface area contributed by atoms with E-state index in [2.05, 4.69) is 9.71 Å². The van der Waals surface area contributed by atoms with Gasteiger partial charge in [-0.25, -0.2) is 13.1 Å². The number of aromatic nitrogens is 1. The van der Waals surface area contributed by atoms with E-state index in [9.17, 15) is 8.42 Å². The standard InChI is InChI=1S/C11H19N3O2S/c1-8(9-3-2-4-9)14-17(15,16)11-5-10(6-12)13-7-11/h5,7-9,13-14H,2-4,6,12H2,1H3. The van der Waals surface area contributed by atoms with E-state index in [-0.39, 0.29) is 10.9 Å². The lowest BCUT2D eigenvalue weighted by Crippen LogP contribution is -2.40. The topological polar surface area (TPSA) is 88.0 Å². The highest BCUT2D eigenvalue weighted by atomic mass is 32.2. The first-order valence-electron chi connectivity index (χ1n) is 5.92. The molecule has 1 atom stereocenters. The number of sulfonamides is 1. The normalized spacial score (nSPS) is 18.9. The van der Waals surface area contributed by atoms with E-state index in [4.69, 9.17) is 5.73 Å². The van der Waals surface area contributed by atoms with Gasteiger partial charge in [0.2, 0.25) is 10.0 Å². The van der Waals surface area contributed by atoms with E-state index in [1.807, 2.05) is 6.92 Å². The minimum Gasteiger partial charge on any atom is -0.363 e. The van der Waals surface area contributed by atoms with Crippen LogP contribution in [0, 0.1) is 5.92 Å². The van der Waals surface area contributed by atoms with Gasteiger partial charge in [-0.3, -0.25) is 0 Å². The molecule has 0 amide bonds. The maximum Gasteiger partial charge on any atom is 0.242 e. The molecule has 5 nitrogen and oxygen atoms in total. The van der Waals surface area contributed by atoms with Crippen molar-refractivity contribution in [3.8, 4) is 0 Å². The molecule has 1 fully saturated rings. The van der Waals surface area contributed by atoms with Gasteiger partial charge in [-0.1, -0.05) is 6.42 Å². The Morgan fingerprint density at radius 3 is 2.76 bits per heavy atom. The third kappa shape index (κ3) is 2.70. The molecule has 0 spiro atoms. The van der Waals surface area contributed by atoms with Gasteiger partial charge in [-0.05, 0) is 31.7 Å². The summed E-state index contributed by atoms with van der Waals surface area (Å²) >= 11 is 0. The van der Waals surface area contributed by atoms with Gasteiger partial charge < -0.3 is 10.7 Å². The van der Waals surface area contributed by atoms with E-state index in [1.165, 1.54) is 12.6 Å². The predicted molar refractivity (Wildman–Crippen MR) is 65.8 cm³/mol. The molecule has 1 heterocycles. The first-order valence-corrected chi connectivity index (χ1v) is 7.41. The fraction of sp³-hybridized carbons (Fsp3) is 0.636. The Balaban J connectivity index is 2.07. The molecule has 0 radical (unpaired) electrons. The SMILES string of the molecule is CC(NS(=O)(=O)c1c[nH]c(CN)c1)C1CCC1. The van der Waals surface area contributed by atoms with Crippen LogP contribution in [0.3, 0.4) is 0 Å². The molecular weight excluding hydrogens is 238 g/mol. The van der Waals surface area contributed by atoms with Gasteiger partial charge in [0.15, 0.2) is 0 Å². The van der Waals surface area contributed by atoms with E-state index >= 15 is 0 Å². The maximum atomic E-state index is 12.0. The van der Waals surface area contributed by atoms with Crippen molar-refractivity contribution in [2.24, 2.45) is 11.7 Å². The number of rotatable bonds is 5. The molecule has 1 unspecified atom stereocenters. The zero-order valence-electron chi connectivity index (χ0n) is 9.94. The van der Waals surface area contributed by atoms with Crippen LogP contribution in [-0.4, -0.2) is 19.4 Å². The van der Waals surface area contributed by atoms with Crippen LogP contribution in [0.15, 0.2) is 17.2 Å². The van der Waals surface area contributed by atoms with Crippen molar-refractivity contribution in [3.63, 3.8) is 0 Å². The summed E-state index contributed by atoms with van der Waals surface area (Å²) in [7, 11) is -3.41. The summed E-state index contributed by atoms with van der Waals surface area (Å²) in [5.74, 6) is 0.484. The highest BCUT2D eigenvalue weighted by Crippen LogP contribution is 2.30. The first kappa shape index (κ1) is 12.6. The van der Waals surface area contributed by atoms with Crippen molar-refractivity contribution in [2.75, 3.05) is 0 Å². The van der Waals surface area contributed by atoms with Crippen LogP contribution >= 0.6 is 0 Å². The highest BCUT2D eigenvalue weighted by Gasteiger charge is 2.28. The van der Waals surface area contributed by atoms with E-state index < -0.39 is 10.0 Å². The Morgan fingerprint density at radius 2 is 2.29 bits per heavy atom. The largest absolute Gasteiger partial charge is 0.363 e. The fourth-order valence-electron chi connectivity index (χ4n) is 2.04. The number of nitrogens with one attached hydrogen (secondary N) is 2. The fourth-order valence-corrected chi connectivity index (χ4v) is 3.37. The summed E-state index contributed by atoms with van der Waals surface area (Å²) in [4.78, 5) is 3.12. The molecule has 0 aromatic carbocycles. The first-order chi connectivity index (χ1) is 8.03. The van der Waals surface area contributed by atoms with Crippen LogP contribution in [-0.2, 0) is 16.6 Å². The third-order valence-corrected chi connectivity index (χ3v) is 4.98. The number of hydrogen-bond donors (Lipinski definition) is 3. The minimum atomic E-state index is -3.41. The van der Waals surface area contributed by atoms with E-state index in [0.717, 1.165) is 18.5 Å². The van der Waals surface area contributed by atoms with Crippen LogP contribution in [0.25, 0.3) is 0 Å². The zero-order chi connectivity index (χ0) is 12.5. The average Bonchev–Trinajstić information content (AvgIpc) is 2.62. The highest BCUT2D eigenvalue weighted by molar-refractivity contribution is 7.89. The number of hydrogen-bond acceptors (Lipinski definition) is 3. The van der Waals surface area contributed by atoms with Gasteiger partial charge >= 0.3 is 0 Å². The van der Waals surface area contributed by atoms with Gasteiger partial charge in [0, 0.05) is 24.5 Å². The molecule has 1 aliphatic carbocycles. The van der Waals surface area contributed by atoms with Crippen LogP contribution in [0.5, 0.6) is 0 Å². The predicted octanol–water partition coefficient (Wildman–Crippen LogP) is 0.940. The summed E-state index contributed by atoms with van der Waals surface area (Å²) in [6.07, 6.45) is 4.92. The summed E-state index contributed by atoms with van der Waals surface area (Å²) < 4.78 is 26.8. The molecule has 96 valence electrons. The molecule has 4 N–H and O–H groups in total. The zero-order valence-corrected chi connectivity index (χ0v) is 10.8. The minimum absolute atomic E-state index is 0.00461. The Kier molecular flexibility index (Phi) is 3.56.